The Morgan fingerprint density at radius 3 is 2.50 bits per heavy atom. The highest BCUT2D eigenvalue weighted by atomic mass is 19.1. The molecule has 1 amide bonds. The molecular weight excluding hydrogens is 293 g/mol. The van der Waals surface area contributed by atoms with Crippen LogP contribution < -0.4 is 9.47 Å². The lowest BCUT2D eigenvalue weighted by Gasteiger charge is -2.31. The number of benzene rings is 1. The van der Waals surface area contributed by atoms with Crippen LogP contribution in [0.15, 0.2) is 12.1 Å². The molecule has 1 aromatic rings. The number of amides is 1. The maximum Gasteiger partial charge on any atom is 0.308 e. The molecule has 1 N–H and O–H groups in total. The number of likely N-dealkylation sites (tertiary alicyclic amines) is 1. The number of rotatable bonds is 4. The van der Waals surface area contributed by atoms with Crippen LogP contribution >= 0.6 is 0 Å². The van der Waals surface area contributed by atoms with Gasteiger partial charge in [-0.2, -0.15) is 0 Å². The minimum atomic E-state index is -0.940. The molecule has 1 fully saturated rings. The van der Waals surface area contributed by atoms with Crippen LogP contribution in [-0.2, 0) is 4.79 Å². The fourth-order valence-electron chi connectivity index (χ4n) is 2.55. The Balaban J connectivity index is 2.27. The SMILES string of the molecule is COc1cc(F)c(C(=O)N2CCCC(C(=O)O)C2)cc1OC. The maximum atomic E-state index is 14.1. The summed E-state index contributed by atoms with van der Waals surface area (Å²) >= 11 is 0. The molecule has 1 atom stereocenters. The number of carbonyl (C=O) groups excluding carboxylic acids is 1. The lowest BCUT2D eigenvalue weighted by Crippen LogP contribution is -2.42. The van der Waals surface area contributed by atoms with Crippen LogP contribution in [0.4, 0.5) is 4.39 Å². The first-order valence-corrected chi connectivity index (χ1v) is 6.91. The number of hydrogen-bond acceptors (Lipinski definition) is 4. The number of carbonyl (C=O) groups is 2. The molecule has 0 aromatic heterocycles. The summed E-state index contributed by atoms with van der Waals surface area (Å²) in [5.74, 6) is -2.37. The maximum absolute atomic E-state index is 14.1. The molecule has 1 saturated heterocycles. The van der Waals surface area contributed by atoms with E-state index in [0.29, 0.717) is 19.4 Å². The van der Waals surface area contributed by atoms with Crippen molar-refractivity contribution in [1.29, 1.82) is 0 Å². The quantitative estimate of drug-likeness (QED) is 0.917. The number of ether oxygens (including phenoxy) is 2. The topological polar surface area (TPSA) is 76.1 Å². The zero-order chi connectivity index (χ0) is 16.3. The summed E-state index contributed by atoms with van der Waals surface area (Å²) in [6, 6.07) is 2.37. The highest BCUT2D eigenvalue weighted by Crippen LogP contribution is 2.31. The Morgan fingerprint density at radius 2 is 1.91 bits per heavy atom. The van der Waals surface area contributed by atoms with Crippen molar-refractivity contribution in [2.75, 3.05) is 27.3 Å². The standard InChI is InChI=1S/C15H18FNO5/c1-21-12-6-10(11(16)7-13(12)22-2)14(18)17-5-3-4-9(8-17)15(19)20/h6-7,9H,3-5,8H2,1-2H3,(H,19,20). The number of carboxylic acid groups (broad SMARTS) is 1. The van der Waals surface area contributed by atoms with Crippen molar-refractivity contribution in [3.8, 4) is 11.5 Å². The average molecular weight is 311 g/mol. The Kier molecular flexibility index (Phi) is 4.85. The summed E-state index contributed by atoms with van der Waals surface area (Å²) in [7, 11) is 2.77. The van der Waals surface area contributed by atoms with E-state index >= 15 is 0 Å². The fourth-order valence-corrected chi connectivity index (χ4v) is 2.55. The minimum Gasteiger partial charge on any atom is -0.493 e. The minimum absolute atomic E-state index is 0.0853. The summed E-state index contributed by atoms with van der Waals surface area (Å²) in [6.45, 7) is 0.498. The van der Waals surface area contributed by atoms with Gasteiger partial charge in [0.15, 0.2) is 11.5 Å². The Hall–Kier alpha value is -2.31. The van der Waals surface area contributed by atoms with Gasteiger partial charge in [-0.05, 0) is 18.9 Å². The molecular formula is C15H18FNO5. The second-order valence-corrected chi connectivity index (χ2v) is 5.12. The molecule has 1 aromatic carbocycles. The van der Waals surface area contributed by atoms with Crippen LogP contribution in [0, 0.1) is 11.7 Å². The van der Waals surface area contributed by atoms with Gasteiger partial charge in [0, 0.05) is 19.2 Å². The van der Waals surface area contributed by atoms with Crippen LogP contribution in [0.5, 0.6) is 11.5 Å². The van der Waals surface area contributed by atoms with Crippen LogP contribution in [0.3, 0.4) is 0 Å². The van der Waals surface area contributed by atoms with E-state index in [1.807, 2.05) is 0 Å². The van der Waals surface area contributed by atoms with E-state index in [9.17, 15) is 14.0 Å². The van der Waals surface area contributed by atoms with E-state index in [4.69, 9.17) is 14.6 Å². The number of nitrogens with zero attached hydrogens (tertiary/aromatic N) is 1. The normalized spacial score (nSPS) is 18.0. The number of methoxy groups -OCH3 is 2. The third kappa shape index (κ3) is 3.13. The summed E-state index contributed by atoms with van der Waals surface area (Å²) in [6.07, 6.45) is 1.10. The molecule has 7 heteroatoms. The van der Waals surface area contributed by atoms with E-state index < -0.39 is 23.6 Å². The molecule has 1 aliphatic rings. The van der Waals surface area contributed by atoms with Gasteiger partial charge < -0.3 is 19.5 Å². The van der Waals surface area contributed by atoms with Gasteiger partial charge in [-0.1, -0.05) is 0 Å². The molecule has 6 nitrogen and oxygen atoms in total. The number of piperidine rings is 1. The van der Waals surface area contributed by atoms with Crippen molar-refractivity contribution in [2.24, 2.45) is 5.92 Å². The Labute approximate surface area is 127 Å². The Bertz CT molecular complexity index is 590. The van der Waals surface area contributed by atoms with Crippen molar-refractivity contribution in [3.63, 3.8) is 0 Å². The van der Waals surface area contributed by atoms with E-state index in [-0.39, 0.29) is 23.6 Å². The first kappa shape index (κ1) is 16.1. The molecule has 1 unspecified atom stereocenters. The molecule has 2 rings (SSSR count). The first-order chi connectivity index (χ1) is 10.5. The van der Waals surface area contributed by atoms with Crippen LogP contribution in [0.2, 0.25) is 0 Å². The lowest BCUT2D eigenvalue weighted by molar-refractivity contribution is -0.143. The second kappa shape index (κ2) is 6.64. The number of halogens is 1. The highest BCUT2D eigenvalue weighted by Gasteiger charge is 2.30. The lowest BCUT2D eigenvalue weighted by atomic mass is 9.97. The smallest absolute Gasteiger partial charge is 0.308 e. The van der Waals surface area contributed by atoms with E-state index in [1.54, 1.807) is 0 Å². The van der Waals surface area contributed by atoms with Crippen LogP contribution in [0.25, 0.3) is 0 Å². The molecule has 22 heavy (non-hydrogen) atoms. The predicted octanol–water partition coefficient (Wildman–Crippen LogP) is 1.78. The molecule has 0 radical (unpaired) electrons. The van der Waals surface area contributed by atoms with Gasteiger partial charge in [0.2, 0.25) is 0 Å². The van der Waals surface area contributed by atoms with Crippen LogP contribution in [0.1, 0.15) is 23.2 Å². The molecule has 1 heterocycles. The van der Waals surface area contributed by atoms with Crippen molar-refractivity contribution >= 4 is 11.9 Å². The summed E-state index contributed by atoms with van der Waals surface area (Å²) < 4.78 is 24.2. The molecule has 0 aliphatic carbocycles. The van der Waals surface area contributed by atoms with Gasteiger partial charge in [-0.15, -0.1) is 0 Å². The van der Waals surface area contributed by atoms with Gasteiger partial charge in [-0.25, -0.2) is 4.39 Å². The fraction of sp³-hybridized carbons (Fsp3) is 0.467. The van der Waals surface area contributed by atoms with E-state index in [1.165, 1.54) is 25.2 Å². The largest absolute Gasteiger partial charge is 0.493 e. The van der Waals surface area contributed by atoms with E-state index in [0.717, 1.165) is 6.07 Å². The monoisotopic (exact) mass is 311 g/mol. The molecule has 0 saturated carbocycles. The zero-order valence-corrected chi connectivity index (χ0v) is 12.5. The third-order valence-corrected chi connectivity index (χ3v) is 3.76. The summed E-state index contributed by atoms with van der Waals surface area (Å²) in [5.41, 5.74) is -0.149. The number of aliphatic carboxylic acids is 1. The van der Waals surface area contributed by atoms with Gasteiger partial charge in [-0.3, -0.25) is 9.59 Å². The van der Waals surface area contributed by atoms with Gasteiger partial charge >= 0.3 is 5.97 Å². The second-order valence-electron chi connectivity index (χ2n) is 5.12. The predicted molar refractivity (Wildman–Crippen MR) is 75.8 cm³/mol. The Morgan fingerprint density at radius 1 is 1.27 bits per heavy atom. The third-order valence-electron chi connectivity index (χ3n) is 3.76. The molecule has 0 bridgehead atoms. The average Bonchev–Trinajstić information content (AvgIpc) is 2.53. The molecule has 0 spiro atoms. The summed E-state index contributed by atoms with van der Waals surface area (Å²) in [4.78, 5) is 24.9. The summed E-state index contributed by atoms with van der Waals surface area (Å²) in [5, 5.41) is 9.06. The highest BCUT2D eigenvalue weighted by molar-refractivity contribution is 5.95. The van der Waals surface area contributed by atoms with Crippen molar-refractivity contribution < 1.29 is 28.6 Å². The van der Waals surface area contributed by atoms with Gasteiger partial charge in [0.05, 0.1) is 25.7 Å². The molecule has 1 aliphatic heterocycles. The number of hydrogen-bond donors (Lipinski definition) is 1. The van der Waals surface area contributed by atoms with E-state index in [2.05, 4.69) is 0 Å². The van der Waals surface area contributed by atoms with Crippen molar-refractivity contribution in [3.05, 3.63) is 23.5 Å². The zero-order valence-electron chi connectivity index (χ0n) is 12.5. The molecule has 120 valence electrons. The van der Waals surface area contributed by atoms with Crippen molar-refractivity contribution in [1.82, 2.24) is 4.90 Å². The number of carboxylic acids is 1. The van der Waals surface area contributed by atoms with Gasteiger partial charge in [0.1, 0.15) is 5.82 Å². The first-order valence-electron chi connectivity index (χ1n) is 6.91. The van der Waals surface area contributed by atoms with Crippen molar-refractivity contribution in [2.45, 2.75) is 12.8 Å². The van der Waals surface area contributed by atoms with Gasteiger partial charge in [0.25, 0.3) is 5.91 Å². The van der Waals surface area contributed by atoms with Crippen LogP contribution in [-0.4, -0.2) is 49.2 Å².